The van der Waals surface area contributed by atoms with Crippen molar-refractivity contribution < 1.29 is 13.5 Å². The van der Waals surface area contributed by atoms with Gasteiger partial charge in [-0.3, -0.25) is 0 Å². The molecule has 0 saturated heterocycles. The van der Waals surface area contributed by atoms with E-state index in [2.05, 4.69) is 5.32 Å². The molecule has 17 heavy (non-hydrogen) atoms. The van der Waals surface area contributed by atoms with Crippen LogP contribution >= 0.6 is 0 Å². The molecule has 1 fully saturated rings. The molecule has 1 aliphatic carbocycles. The zero-order chi connectivity index (χ0) is 12.3. The molecule has 0 spiro atoms. The third-order valence-electron chi connectivity index (χ3n) is 3.17. The highest BCUT2D eigenvalue weighted by atomic mass is 19.1. The van der Waals surface area contributed by atoms with E-state index in [4.69, 9.17) is 4.74 Å². The van der Waals surface area contributed by atoms with Gasteiger partial charge in [0.05, 0.1) is 12.7 Å². The van der Waals surface area contributed by atoms with Crippen molar-refractivity contribution in [3.8, 4) is 0 Å². The highest BCUT2D eigenvalue weighted by Crippen LogP contribution is 2.30. The predicted molar refractivity (Wildman–Crippen MR) is 61.6 cm³/mol. The van der Waals surface area contributed by atoms with Gasteiger partial charge < -0.3 is 10.1 Å². The first kappa shape index (κ1) is 12.5. The molecule has 1 aromatic carbocycles. The fourth-order valence-electron chi connectivity index (χ4n) is 2.13. The van der Waals surface area contributed by atoms with Gasteiger partial charge in [0.2, 0.25) is 0 Å². The second-order valence-corrected chi connectivity index (χ2v) is 4.56. The number of rotatable bonds is 5. The lowest BCUT2D eigenvalue weighted by molar-refractivity contribution is -0.0400. The molecule has 2 rings (SSSR count). The van der Waals surface area contributed by atoms with E-state index in [-0.39, 0.29) is 12.7 Å². The lowest BCUT2D eigenvalue weighted by atomic mass is 9.82. The molecular weight excluding hydrogens is 224 g/mol. The fourth-order valence-corrected chi connectivity index (χ4v) is 2.13. The summed E-state index contributed by atoms with van der Waals surface area (Å²) in [5.41, 5.74) is 0.294. The molecule has 0 radical (unpaired) electrons. The third-order valence-corrected chi connectivity index (χ3v) is 3.17. The Balaban J connectivity index is 1.77. The van der Waals surface area contributed by atoms with Crippen LogP contribution in [0.2, 0.25) is 0 Å². The molecular formula is C13H17F2NO. The smallest absolute Gasteiger partial charge is 0.128 e. The van der Waals surface area contributed by atoms with E-state index < -0.39 is 11.6 Å². The zero-order valence-electron chi connectivity index (χ0n) is 9.88. The molecule has 1 aromatic rings. The molecule has 0 amide bonds. The third kappa shape index (κ3) is 3.23. The molecule has 0 heterocycles. The number of nitrogens with one attached hydrogen (secondary N) is 1. The highest BCUT2D eigenvalue weighted by molar-refractivity contribution is 5.17. The first-order chi connectivity index (χ1) is 8.19. The molecule has 0 unspecified atom stereocenters. The van der Waals surface area contributed by atoms with E-state index in [0.717, 1.165) is 31.5 Å². The van der Waals surface area contributed by atoms with E-state index in [1.54, 1.807) is 0 Å². The Morgan fingerprint density at radius 3 is 2.82 bits per heavy atom. The Bertz CT molecular complexity index is 378. The topological polar surface area (TPSA) is 21.3 Å². The van der Waals surface area contributed by atoms with Crippen molar-refractivity contribution in [3.05, 3.63) is 35.4 Å². The molecule has 94 valence electrons. The molecule has 1 N–H and O–H groups in total. The second-order valence-electron chi connectivity index (χ2n) is 4.56. The van der Waals surface area contributed by atoms with Gasteiger partial charge in [0.25, 0.3) is 0 Å². The van der Waals surface area contributed by atoms with Crippen LogP contribution in [0.15, 0.2) is 18.2 Å². The molecule has 0 atom stereocenters. The summed E-state index contributed by atoms with van der Waals surface area (Å²) in [6.45, 7) is 1.15. The van der Waals surface area contributed by atoms with E-state index >= 15 is 0 Å². The molecule has 0 aliphatic heterocycles. The van der Waals surface area contributed by atoms with Gasteiger partial charge in [0.1, 0.15) is 11.6 Å². The van der Waals surface area contributed by atoms with Crippen LogP contribution in [-0.2, 0) is 11.3 Å². The molecule has 0 aromatic heterocycles. The van der Waals surface area contributed by atoms with E-state index in [0.29, 0.717) is 11.5 Å². The minimum atomic E-state index is -0.424. The summed E-state index contributed by atoms with van der Waals surface area (Å²) in [4.78, 5) is 0. The van der Waals surface area contributed by atoms with Crippen LogP contribution in [0, 0.1) is 17.6 Å². The van der Waals surface area contributed by atoms with Crippen molar-refractivity contribution >= 4 is 0 Å². The zero-order valence-corrected chi connectivity index (χ0v) is 9.88. The average Bonchev–Trinajstić information content (AvgIpc) is 2.26. The van der Waals surface area contributed by atoms with Crippen LogP contribution in [0.5, 0.6) is 0 Å². The predicted octanol–water partition coefficient (Wildman–Crippen LogP) is 2.48. The van der Waals surface area contributed by atoms with Gasteiger partial charge in [-0.1, -0.05) is 0 Å². The number of ether oxygens (including phenoxy) is 1. The number of halogens is 2. The molecule has 0 bridgehead atoms. The van der Waals surface area contributed by atoms with Crippen LogP contribution in [-0.4, -0.2) is 19.7 Å². The molecule has 1 saturated carbocycles. The van der Waals surface area contributed by atoms with E-state index in [9.17, 15) is 8.78 Å². The van der Waals surface area contributed by atoms with Gasteiger partial charge in [-0.15, -0.1) is 0 Å². The summed E-state index contributed by atoms with van der Waals surface area (Å²) >= 11 is 0. The maximum absolute atomic E-state index is 13.3. The molecule has 1 aliphatic rings. The quantitative estimate of drug-likeness (QED) is 0.855. The summed E-state index contributed by atoms with van der Waals surface area (Å²) in [5, 5.41) is 3.12. The summed E-state index contributed by atoms with van der Waals surface area (Å²) in [6, 6.07) is 3.45. The molecule has 2 nitrogen and oxygen atoms in total. The van der Waals surface area contributed by atoms with Gasteiger partial charge >= 0.3 is 0 Å². The first-order valence-electron chi connectivity index (χ1n) is 5.89. The maximum atomic E-state index is 13.3. The first-order valence-corrected chi connectivity index (χ1v) is 5.89. The van der Waals surface area contributed by atoms with E-state index in [1.807, 2.05) is 7.05 Å². The second kappa shape index (κ2) is 5.56. The van der Waals surface area contributed by atoms with Crippen molar-refractivity contribution in [3.63, 3.8) is 0 Å². The maximum Gasteiger partial charge on any atom is 0.128 e. The van der Waals surface area contributed by atoms with Gasteiger partial charge in [0, 0.05) is 5.56 Å². The minimum Gasteiger partial charge on any atom is -0.373 e. The number of hydrogen-bond acceptors (Lipinski definition) is 2. The summed E-state index contributed by atoms with van der Waals surface area (Å²) in [6.07, 6.45) is 2.19. The number of benzene rings is 1. The Kier molecular flexibility index (Phi) is 4.07. The van der Waals surface area contributed by atoms with Gasteiger partial charge in [-0.05, 0) is 50.6 Å². The van der Waals surface area contributed by atoms with E-state index in [1.165, 1.54) is 6.07 Å². The lowest BCUT2D eigenvalue weighted by Crippen LogP contribution is -2.36. The Labute approximate surface area is 100.0 Å². The largest absolute Gasteiger partial charge is 0.373 e. The van der Waals surface area contributed by atoms with Crippen LogP contribution in [0.4, 0.5) is 8.78 Å². The van der Waals surface area contributed by atoms with Crippen molar-refractivity contribution in [2.75, 3.05) is 13.6 Å². The van der Waals surface area contributed by atoms with Crippen LogP contribution in [0.25, 0.3) is 0 Å². The average molecular weight is 241 g/mol. The molecule has 4 heteroatoms. The summed E-state index contributed by atoms with van der Waals surface area (Å²) in [7, 11) is 1.93. The summed E-state index contributed by atoms with van der Waals surface area (Å²) in [5.74, 6) is -0.175. The minimum absolute atomic E-state index is 0.153. The number of hydrogen-bond donors (Lipinski definition) is 1. The normalized spacial score (nSPS) is 23.5. The van der Waals surface area contributed by atoms with Crippen molar-refractivity contribution in [2.24, 2.45) is 5.92 Å². The van der Waals surface area contributed by atoms with Gasteiger partial charge in [-0.25, -0.2) is 8.78 Å². The Hall–Kier alpha value is -1.00. The Morgan fingerprint density at radius 1 is 1.35 bits per heavy atom. The monoisotopic (exact) mass is 241 g/mol. The fraction of sp³-hybridized carbons (Fsp3) is 0.538. The highest BCUT2D eigenvalue weighted by Gasteiger charge is 2.29. The van der Waals surface area contributed by atoms with Crippen molar-refractivity contribution in [2.45, 2.75) is 25.6 Å². The van der Waals surface area contributed by atoms with Crippen molar-refractivity contribution in [1.82, 2.24) is 5.32 Å². The summed E-state index contributed by atoms with van der Waals surface area (Å²) < 4.78 is 31.7. The SMILES string of the molecule is CNCC1CC(OCc2cc(F)ccc2F)C1. The van der Waals surface area contributed by atoms with Crippen molar-refractivity contribution in [1.29, 1.82) is 0 Å². The Morgan fingerprint density at radius 2 is 2.12 bits per heavy atom. The van der Waals surface area contributed by atoms with Crippen LogP contribution in [0.3, 0.4) is 0 Å². The van der Waals surface area contributed by atoms with Gasteiger partial charge in [-0.2, -0.15) is 0 Å². The van der Waals surface area contributed by atoms with Crippen LogP contribution < -0.4 is 5.32 Å². The van der Waals surface area contributed by atoms with Crippen LogP contribution in [0.1, 0.15) is 18.4 Å². The lowest BCUT2D eigenvalue weighted by Gasteiger charge is -2.35. The standard InChI is InChI=1S/C13H17F2NO/c1-16-7-9-4-12(5-9)17-8-10-6-11(14)2-3-13(10)15/h2-3,6,9,12,16H,4-5,7-8H2,1H3. The van der Waals surface area contributed by atoms with Gasteiger partial charge in [0.15, 0.2) is 0 Å².